The smallest absolute Gasteiger partial charge is 0.143 e. The molecule has 1 aromatic heterocycles. The SMILES string of the molecule is CC(C)CN(CC(C)C)c1ncc(N)cc1Br. The van der Waals surface area contributed by atoms with Gasteiger partial charge >= 0.3 is 0 Å². The molecular weight excluding hydrogens is 278 g/mol. The Bertz CT molecular complexity index is 354. The second-order valence-corrected chi connectivity index (χ2v) is 6.12. The van der Waals surface area contributed by atoms with E-state index in [2.05, 4.69) is 53.5 Å². The zero-order valence-electron chi connectivity index (χ0n) is 11.1. The summed E-state index contributed by atoms with van der Waals surface area (Å²) >= 11 is 3.54. The Labute approximate surface area is 113 Å². The van der Waals surface area contributed by atoms with Crippen LogP contribution in [0.2, 0.25) is 0 Å². The molecule has 96 valence electrons. The molecule has 1 aromatic rings. The van der Waals surface area contributed by atoms with E-state index in [1.54, 1.807) is 6.20 Å². The van der Waals surface area contributed by atoms with Crippen molar-refractivity contribution >= 4 is 27.4 Å². The van der Waals surface area contributed by atoms with Crippen LogP contribution in [0.15, 0.2) is 16.7 Å². The van der Waals surface area contributed by atoms with E-state index in [-0.39, 0.29) is 0 Å². The van der Waals surface area contributed by atoms with Crippen molar-refractivity contribution in [3.8, 4) is 0 Å². The summed E-state index contributed by atoms with van der Waals surface area (Å²) < 4.78 is 0.971. The molecule has 0 aromatic carbocycles. The summed E-state index contributed by atoms with van der Waals surface area (Å²) in [6.07, 6.45) is 1.72. The van der Waals surface area contributed by atoms with E-state index in [1.165, 1.54) is 0 Å². The Morgan fingerprint density at radius 3 is 2.18 bits per heavy atom. The average Bonchev–Trinajstić information content (AvgIpc) is 2.14. The molecule has 1 heterocycles. The predicted octanol–water partition coefficient (Wildman–Crippen LogP) is 3.54. The molecule has 0 atom stereocenters. The molecule has 0 aliphatic rings. The standard InChI is InChI=1S/C13H22BrN3/c1-9(2)7-17(8-10(3)4)13-12(14)5-11(15)6-16-13/h5-6,9-10H,7-8,15H2,1-4H3. The molecular formula is C13H22BrN3. The minimum Gasteiger partial charge on any atom is -0.397 e. The fourth-order valence-electron chi connectivity index (χ4n) is 1.81. The van der Waals surface area contributed by atoms with Crippen LogP contribution in [-0.2, 0) is 0 Å². The summed E-state index contributed by atoms with van der Waals surface area (Å²) in [6.45, 7) is 10.9. The van der Waals surface area contributed by atoms with Crippen LogP contribution in [0.3, 0.4) is 0 Å². The van der Waals surface area contributed by atoms with Crippen molar-refractivity contribution in [1.82, 2.24) is 4.98 Å². The highest BCUT2D eigenvalue weighted by Gasteiger charge is 2.14. The third-order valence-electron chi connectivity index (χ3n) is 2.31. The highest BCUT2D eigenvalue weighted by atomic mass is 79.9. The third kappa shape index (κ3) is 4.54. The van der Waals surface area contributed by atoms with Gasteiger partial charge in [0.15, 0.2) is 0 Å². The van der Waals surface area contributed by atoms with Crippen LogP contribution in [0.1, 0.15) is 27.7 Å². The first-order chi connectivity index (χ1) is 7.90. The maximum atomic E-state index is 5.72. The predicted molar refractivity (Wildman–Crippen MR) is 78.2 cm³/mol. The Hall–Kier alpha value is -0.770. The van der Waals surface area contributed by atoms with Gasteiger partial charge in [-0.15, -0.1) is 0 Å². The fraction of sp³-hybridized carbons (Fsp3) is 0.615. The summed E-state index contributed by atoms with van der Waals surface area (Å²) in [4.78, 5) is 6.76. The summed E-state index contributed by atoms with van der Waals surface area (Å²) in [7, 11) is 0. The lowest BCUT2D eigenvalue weighted by Crippen LogP contribution is -2.32. The van der Waals surface area contributed by atoms with Crippen LogP contribution in [0, 0.1) is 11.8 Å². The van der Waals surface area contributed by atoms with Crippen LogP contribution in [0.5, 0.6) is 0 Å². The Balaban J connectivity index is 2.95. The number of anilines is 2. The first kappa shape index (κ1) is 14.3. The third-order valence-corrected chi connectivity index (χ3v) is 2.90. The summed E-state index contributed by atoms with van der Waals surface area (Å²) in [5.74, 6) is 2.21. The van der Waals surface area contributed by atoms with Crippen LogP contribution in [-0.4, -0.2) is 18.1 Å². The van der Waals surface area contributed by atoms with Crippen LogP contribution in [0.4, 0.5) is 11.5 Å². The molecule has 0 radical (unpaired) electrons. The van der Waals surface area contributed by atoms with Gasteiger partial charge < -0.3 is 10.6 Å². The number of nitrogens with zero attached hydrogens (tertiary/aromatic N) is 2. The molecule has 2 N–H and O–H groups in total. The molecule has 0 spiro atoms. The van der Waals surface area contributed by atoms with Crippen LogP contribution >= 0.6 is 15.9 Å². The molecule has 0 bridgehead atoms. The first-order valence-corrected chi connectivity index (χ1v) is 6.85. The largest absolute Gasteiger partial charge is 0.397 e. The van der Waals surface area contributed by atoms with Gasteiger partial charge in [-0.05, 0) is 33.8 Å². The second kappa shape index (κ2) is 6.24. The van der Waals surface area contributed by atoms with Gasteiger partial charge in [0.25, 0.3) is 0 Å². The molecule has 1 rings (SSSR count). The van der Waals surface area contributed by atoms with E-state index in [0.717, 1.165) is 23.4 Å². The van der Waals surface area contributed by atoms with E-state index >= 15 is 0 Å². The minimum atomic E-state index is 0.611. The van der Waals surface area contributed by atoms with E-state index in [1.807, 2.05) is 6.07 Å². The van der Waals surface area contributed by atoms with Gasteiger partial charge in [0.2, 0.25) is 0 Å². The number of aromatic nitrogens is 1. The lowest BCUT2D eigenvalue weighted by Gasteiger charge is -2.28. The number of halogens is 1. The summed E-state index contributed by atoms with van der Waals surface area (Å²) in [5.41, 5.74) is 6.41. The number of nitrogens with two attached hydrogens (primary N) is 1. The van der Waals surface area contributed by atoms with E-state index in [4.69, 9.17) is 5.73 Å². The van der Waals surface area contributed by atoms with Crippen LogP contribution < -0.4 is 10.6 Å². The normalized spacial score (nSPS) is 11.2. The van der Waals surface area contributed by atoms with Gasteiger partial charge in [-0.25, -0.2) is 4.98 Å². The van der Waals surface area contributed by atoms with Gasteiger partial charge in [-0.2, -0.15) is 0 Å². The van der Waals surface area contributed by atoms with Crippen molar-refractivity contribution in [2.24, 2.45) is 11.8 Å². The number of hydrogen-bond acceptors (Lipinski definition) is 3. The Kier molecular flexibility index (Phi) is 5.25. The zero-order valence-corrected chi connectivity index (χ0v) is 12.7. The molecule has 0 saturated heterocycles. The van der Waals surface area contributed by atoms with Crippen molar-refractivity contribution in [1.29, 1.82) is 0 Å². The van der Waals surface area contributed by atoms with Crippen molar-refractivity contribution in [3.05, 3.63) is 16.7 Å². The lowest BCUT2D eigenvalue weighted by molar-refractivity contribution is 0.548. The molecule has 0 amide bonds. The van der Waals surface area contributed by atoms with Crippen molar-refractivity contribution in [2.45, 2.75) is 27.7 Å². The van der Waals surface area contributed by atoms with Gasteiger partial charge in [0, 0.05) is 13.1 Å². The molecule has 0 saturated carbocycles. The number of nitrogen functional groups attached to an aromatic ring is 1. The van der Waals surface area contributed by atoms with E-state index < -0.39 is 0 Å². The van der Waals surface area contributed by atoms with E-state index in [9.17, 15) is 0 Å². The van der Waals surface area contributed by atoms with E-state index in [0.29, 0.717) is 17.5 Å². The van der Waals surface area contributed by atoms with Gasteiger partial charge in [0.05, 0.1) is 16.4 Å². The molecule has 0 aliphatic carbocycles. The summed E-state index contributed by atoms with van der Waals surface area (Å²) in [5, 5.41) is 0. The average molecular weight is 300 g/mol. The quantitative estimate of drug-likeness (QED) is 0.904. The molecule has 0 unspecified atom stereocenters. The zero-order chi connectivity index (χ0) is 13.0. The number of rotatable bonds is 5. The molecule has 4 heteroatoms. The molecule has 0 aliphatic heterocycles. The second-order valence-electron chi connectivity index (χ2n) is 5.27. The Morgan fingerprint density at radius 2 is 1.76 bits per heavy atom. The Morgan fingerprint density at radius 1 is 1.24 bits per heavy atom. The maximum Gasteiger partial charge on any atom is 0.143 e. The van der Waals surface area contributed by atoms with Gasteiger partial charge in [-0.3, -0.25) is 0 Å². The van der Waals surface area contributed by atoms with Crippen molar-refractivity contribution in [2.75, 3.05) is 23.7 Å². The number of pyridine rings is 1. The first-order valence-electron chi connectivity index (χ1n) is 6.06. The van der Waals surface area contributed by atoms with Crippen LogP contribution in [0.25, 0.3) is 0 Å². The van der Waals surface area contributed by atoms with Crippen molar-refractivity contribution < 1.29 is 0 Å². The minimum absolute atomic E-state index is 0.611. The molecule has 17 heavy (non-hydrogen) atoms. The maximum absolute atomic E-state index is 5.72. The number of hydrogen-bond donors (Lipinski definition) is 1. The molecule has 3 nitrogen and oxygen atoms in total. The highest BCUT2D eigenvalue weighted by Crippen LogP contribution is 2.26. The van der Waals surface area contributed by atoms with Crippen molar-refractivity contribution in [3.63, 3.8) is 0 Å². The fourth-order valence-corrected chi connectivity index (χ4v) is 2.42. The van der Waals surface area contributed by atoms with Gasteiger partial charge in [0.1, 0.15) is 5.82 Å². The topological polar surface area (TPSA) is 42.2 Å². The van der Waals surface area contributed by atoms with Gasteiger partial charge in [-0.1, -0.05) is 27.7 Å². The lowest BCUT2D eigenvalue weighted by atomic mass is 10.1. The monoisotopic (exact) mass is 299 g/mol. The molecule has 0 fully saturated rings. The summed E-state index contributed by atoms with van der Waals surface area (Å²) in [6, 6.07) is 1.91. The highest BCUT2D eigenvalue weighted by molar-refractivity contribution is 9.10.